The summed E-state index contributed by atoms with van der Waals surface area (Å²) >= 11 is 6.00. The van der Waals surface area contributed by atoms with Crippen molar-refractivity contribution in [3.8, 4) is 0 Å². The van der Waals surface area contributed by atoms with E-state index in [9.17, 15) is 18.4 Å². The summed E-state index contributed by atoms with van der Waals surface area (Å²) in [7, 11) is 0. The smallest absolute Gasteiger partial charge is 0.254 e. The first-order chi connectivity index (χ1) is 12.0. The Kier molecular flexibility index (Phi) is 6.89. The summed E-state index contributed by atoms with van der Waals surface area (Å²) < 4.78 is 26.3. The highest BCUT2D eigenvalue weighted by molar-refractivity contribution is 6.31. The summed E-state index contributed by atoms with van der Waals surface area (Å²) in [6, 6.07) is 9.94. The van der Waals surface area contributed by atoms with Crippen LogP contribution in [0.4, 0.5) is 8.78 Å². The molecule has 0 radical (unpaired) electrons. The van der Waals surface area contributed by atoms with Gasteiger partial charge in [0, 0.05) is 30.6 Å². The summed E-state index contributed by atoms with van der Waals surface area (Å²) in [5.74, 6) is -2.49. The standard InChI is InChI=1S/C18H17ClF2N2O2/c19-15-5-2-1-4-12(15)11-23-17(24)6-3-9-22-18(25)14-8-7-13(20)10-16(14)21/h1-2,4-5,7-8,10H,3,6,9,11H2,(H,22,25)(H,23,24). The maximum atomic E-state index is 13.5. The van der Waals surface area contributed by atoms with Gasteiger partial charge in [0.1, 0.15) is 11.6 Å². The van der Waals surface area contributed by atoms with Crippen LogP contribution >= 0.6 is 11.6 Å². The predicted octanol–water partition coefficient (Wildman–Crippen LogP) is 3.44. The van der Waals surface area contributed by atoms with Gasteiger partial charge in [0.15, 0.2) is 0 Å². The normalized spacial score (nSPS) is 10.4. The highest BCUT2D eigenvalue weighted by Crippen LogP contribution is 2.14. The molecule has 2 aromatic rings. The van der Waals surface area contributed by atoms with Gasteiger partial charge in [-0.25, -0.2) is 8.78 Å². The fourth-order valence-corrected chi connectivity index (χ4v) is 2.35. The van der Waals surface area contributed by atoms with Crippen molar-refractivity contribution in [1.29, 1.82) is 0 Å². The Morgan fingerprint density at radius 1 is 1.04 bits per heavy atom. The molecule has 0 aliphatic heterocycles. The zero-order valence-electron chi connectivity index (χ0n) is 13.3. The van der Waals surface area contributed by atoms with Gasteiger partial charge < -0.3 is 10.6 Å². The van der Waals surface area contributed by atoms with Crippen LogP contribution in [0.15, 0.2) is 42.5 Å². The van der Waals surface area contributed by atoms with Gasteiger partial charge in [0.2, 0.25) is 5.91 Å². The lowest BCUT2D eigenvalue weighted by atomic mass is 10.2. The molecule has 0 fully saturated rings. The Labute approximate surface area is 149 Å². The predicted molar refractivity (Wildman–Crippen MR) is 91.2 cm³/mol. The van der Waals surface area contributed by atoms with Crippen LogP contribution < -0.4 is 10.6 Å². The highest BCUT2D eigenvalue weighted by atomic mass is 35.5. The second-order valence-corrected chi connectivity index (χ2v) is 5.76. The minimum absolute atomic E-state index is 0.179. The van der Waals surface area contributed by atoms with E-state index in [0.717, 1.165) is 17.7 Å². The van der Waals surface area contributed by atoms with E-state index in [-0.39, 0.29) is 24.4 Å². The molecular formula is C18H17ClF2N2O2. The molecule has 2 aromatic carbocycles. The third-order valence-electron chi connectivity index (χ3n) is 3.48. The number of carbonyl (C=O) groups is 2. The van der Waals surface area contributed by atoms with Gasteiger partial charge in [-0.3, -0.25) is 9.59 Å². The molecule has 7 heteroatoms. The molecular weight excluding hydrogens is 350 g/mol. The number of hydrogen-bond donors (Lipinski definition) is 2. The molecule has 4 nitrogen and oxygen atoms in total. The number of carbonyl (C=O) groups excluding carboxylic acids is 2. The van der Waals surface area contributed by atoms with Gasteiger partial charge in [0.25, 0.3) is 5.91 Å². The molecule has 0 aromatic heterocycles. The molecule has 0 saturated heterocycles. The Morgan fingerprint density at radius 3 is 2.52 bits per heavy atom. The SMILES string of the molecule is O=C(CCCNC(=O)c1ccc(F)cc1F)NCc1ccccc1Cl. The molecule has 25 heavy (non-hydrogen) atoms. The molecule has 0 spiro atoms. The van der Waals surface area contributed by atoms with Crippen LogP contribution in [0.2, 0.25) is 5.02 Å². The first-order valence-electron chi connectivity index (χ1n) is 7.70. The van der Waals surface area contributed by atoms with E-state index in [1.54, 1.807) is 12.1 Å². The van der Waals surface area contributed by atoms with Crippen LogP contribution in [-0.4, -0.2) is 18.4 Å². The molecule has 0 heterocycles. The number of nitrogens with one attached hydrogen (secondary N) is 2. The summed E-state index contributed by atoms with van der Waals surface area (Å²) in [6.45, 7) is 0.529. The van der Waals surface area contributed by atoms with Gasteiger partial charge in [-0.05, 0) is 30.2 Å². The second kappa shape index (κ2) is 9.13. The average molecular weight is 367 g/mol. The lowest BCUT2D eigenvalue weighted by Crippen LogP contribution is -2.28. The van der Waals surface area contributed by atoms with Gasteiger partial charge in [0.05, 0.1) is 5.56 Å². The number of amides is 2. The number of rotatable bonds is 7. The van der Waals surface area contributed by atoms with E-state index >= 15 is 0 Å². The van der Waals surface area contributed by atoms with E-state index < -0.39 is 17.5 Å². The molecule has 2 N–H and O–H groups in total. The third-order valence-corrected chi connectivity index (χ3v) is 3.84. The quantitative estimate of drug-likeness (QED) is 0.737. The summed E-state index contributed by atoms with van der Waals surface area (Å²) in [5.41, 5.74) is 0.585. The van der Waals surface area contributed by atoms with Crippen molar-refractivity contribution in [1.82, 2.24) is 10.6 Å². The molecule has 0 unspecified atom stereocenters. The van der Waals surface area contributed by atoms with E-state index in [4.69, 9.17) is 11.6 Å². The van der Waals surface area contributed by atoms with E-state index in [0.29, 0.717) is 24.1 Å². The fourth-order valence-electron chi connectivity index (χ4n) is 2.14. The van der Waals surface area contributed by atoms with Gasteiger partial charge in [-0.2, -0.15) is 0 Å². The van der Waals surface area contributed by atoms with Crippen LogP contribution in [0.25, 0.3) is 0 Å². The monoisotopic (exact) mass is 366 g/mol. The lowest BCUT2D eigenvalue weighted by molar-refractivity contribution is -0.121. The lowest BCUT2D eigenvalue weighted by Gasteiger charge is -2.08. The number of halogens is 3. The van der Waals surface area contributed by atoms with E-state index in [1.165, 1.54) is 0 Å². The average Bonchev–Trinajstić information content (AvgIpc) is 2.58. The number of benzene rings is 2. The Morgan fingerprint density at radius 2 is 1.80 bits per heavy atom. The zero-order valence-corrected chi connectivity index (χ0v) is 14.1. The third kappa shape index (κ3) is 5.83. The molecule has 2 amide bonds. The zero-order chi connectivity index (χ0) is 18.2. The molecule has 0 aliphatic carbocycles. The van der Waals surface area contributed by atoms with Gasteiger partial charge in [-0.1, -0.05) is 29.8 Å². The molecule has 0 atom stereocenters. The first kappa shape index (κ1) is 18.9. The summed E-state index contributed by atoms with van der Waals surface area (Å²) in [5, 5.41) is 5.81. The molecule has 132 valence electrons. The van der Waals surface area contributed by atoms with E-state index in [1.807, 2.05) is 12.1 Å². The van der Waals surface area contributed by atoms with Gasteiger partial charge in [-0.15, -0.1) is 0 Å². The highest BCUT2D eigenvalue weighted by Gasteiger charge is 2.12. The van der Waals surface area contributed by atoms with Crippen LogP contribution in [0.5, 0.6) is 0 Å². The number of hydrogen-bond acceptors (Lipinski definition) is 2. The second-order valence-electron chi connectivity index (χ2n) is 5.35. The molecule has 0 aliphatic rings. The van der Waals surface area contributed by atoms with Crippen molar-refractivity contribution in [2.24, 2.45) is 0 Å². The van der Waals surface area contributed by atoms with Crippen molar-refractivity contribution in [2.45, 2.75) is 19.4 Å². The Bertz CT molecular complexity index is 768. The molecule has 2 rings (SSSR count). The minimum atomic E-state index is -0.921. The Balaban J connectivity index is 1.69. The van der Waals surface area contributed by atoms with Crippen LogP contribution in [0, 0.1) is 11.6 Å². The minimum Gasteiger partial charge on any atom is -0.352 e. The summed E-state index contributed by atoms with van der Waals surface area (Å²) in [4.78, 5) is 23.5. The van der Waals surface area contributed by atoms with Crippen LogP contribution in [0.3, 0.4) is 0 Å². The topological polar surface area (TPSA) is 58.2 Å². The van der Waals surface area contributed by atoms with Crippen LogP contribution in [0.1, 0.15) is 28.8 Å². The molecule has 0 saturated carbocycles. The van der Waals surface area contributed by atoms with Crippen molar-refractivity contribution in [3.63, 3.8) is 0 Å². The molecule has 0 bridgehead atoms. The van der Waals surface area contributed by atoms with Crippen molar-refractivity contribution >= 4 is 23.4 Å². The largest absolute Gasteiger partial charge is 0.352 e. The van der Waals surface area contributed by atoms with E-state index in [2.05, 4.69) is 10.6 Å². The van der Waals surface area contributed by atoms with Gasteiger partial charge >= 0.3 is 0 Å². The van der Waals surface area contributed by atoms with Crippen molar-refractivity contribution in [3.05, 3.63) is 70.2 Å². The maximum Gasteiger partial charge on any atom is 0.254 e. The first-order valence-corrected chi connectivity index (χ1v) is 8.08. The maximum absolute atomic E-state index is 13.5. The Hall–Kier alpha value is -2.47. The van der Waals surface area contributed by atoms with Crippen LogP contribution in [-0.2, 0) is 11.3 Å². The fraction of sp³-hybridized carbons (Fsp3) is 0.222. The van der Waals surface area contributed by atoms with Crippen molar-refractivity contribution in [2.75, 3.05) is 6.54 Å². The summed E-state index contributed by atoms with van der Waals surface area (Å²) in [6.07, 6.45) is 0.597. The van der Waals surface area contributed by atoms with Crippen molar-refractivity contribution < 1.29 is 18.4 Å².